The second-order valence-electron chi connectivity index (χ2n) is 5.89. The van der Waals surface area contributed by atoms with Crippen LogP contribution in [0.2, 0.25) is 0 Å². The summed E-state index contributed by atoms with van der Waals surface area (Å²) in [6.45, 7) is 1.75. The van der Waals surface area contributed by atoms with Gasteiger partial charge in [0.1, 0.15) is 6.54 Å². The lowest BCUT2D eigenvalue weighted by molar-refractivity contribution is -0.127. The maximum absolute atomic E-state index is 11.9. The number of benzene rings is 1. The Kier molecular flexibility index (Phi) is 5.15. The molecule has 1 aliphatic rings. The summed E-state index contributed by atoms with van der Waals surface area (Å²) in [4.78, 5) is 21.5. The van der Waals surface area contributed by atoms with Gasteiger partial charge in [-0.3, -0.25) is 4.79 Å². The summed E-state index contributed by atoms with van der Waals surface area (Å²) in [5.74, 6) is 0.765. The van der Waals surface area contributed by atoms with Crippen molar-refractivity contribution in [1.29, 1.82) is 0 Å². The van der Waals surface area contributed by atoms with Crippen LogP contribution in [0.4, 0.5) is 5.69 Å². The SMILES string of the molecule is CN(C)C(=O)CN=C(NCc1cccs1)N1CCc2ccccc21. The van der Waals surface area contributed by atoms with Crippen molar-refractivity contribution in [1.82, 2.24) is 10.2 Å². The van der Waals surface area contributed by atoms with E-state index in [0.29, 0.717) is 6.54 Å². The van der Waals surface area contributed by atoms with Gasteiger partial charge in [-0.2, -0.15) is 0 Å². The van der Waals surface area contributed by atoms with E-state index in [1.807, 2.05) is 12.1 Å². The first-order chi connectivity index (χ1) is 11.6. The number of hydrogen-bond acceptors (Lipinski definition) is 3. The fourth-order valence-electron chi connectivity index (χ4n) is 2.66. The molecule has 1 aromatic heterocycles. The molecule has 0 unspecified atom stereocenters. The molecule has 2 aromatic rings. The fraction of sp³-hybridized carbons (Fsp3) is 0.333. The Labute approximate surface area is 146 Å². The summed E-state index contributed by atoms with van der Waals surface area (Å²) < 4.78 is 0. The second-order valence-corrected chi connectivity index (χ2v) is 6.92. The largest absolute Gasteiger partial charge is 0.351 e. The van der Waals surface area contributed by atoms with E-state index in [0.717, 1.165) is 18.9 Å². The molecule has 1 aliphatic heterocycles. The van der Waals surface area contributed by atoms with E-state index in [-0.39, 0.29) is 12.5 Å². The number of guanidine groups is 1. The Bertz CT molecular complexity index is 724. The first kappa shape index (κ1) is 16.5. The van der Waals surface area contributed by atoms with E-state index in [2.05, 4.69) is 44.9 Å². The highest BCUT2D eigenvalue weighted by atomic mass is 32.1. The second kappa shape index (κ2) is 7.49. The lowest BCUT2D eigenvalue weighted by atomic mass is 10.2. The molecule has 3 rings (SSSR count). The average Bonchev–Trinajstić information content (AvgIpc) is 3.24. The average molecular weight is 342 g/mol. The van der Waals surface area contributed by atoms with Gasteiger partial charge in [-0.15, -0.1) is 11.3 Å². The highest BCUT2D eigenvalue weighted by Crippen LogP contribution is 2.27. The first-order valence-corrected chi connectivity index (χ1v) is 8.89. The van der Waals surface area contributed by atoms with Crippen molar-refractivity contribution in [2.45, 2.75) is 13.0 Å². The summed E-state index contributed by atoms with van der Waals surface area (Å²) in [6.07, 6.45) is 0.998. The number of thiophene rings is 1. The van der Waals surface area contributed by atoms with Crippen LogP contribution in [-0.2, 0) is 17.8 Å². The molecule has 0 fully saturated rings. The molecular weight excluding hydrogens is 320 g/mol. The number of aliphatic imine (C=N–C) groups is 1. The predicted molar refractivity (Wildman–Crippen MR) is 99.6 cm³/mol. The van der Waals surface area contributed by atoms with Gasteiger partial charge in [0.2, 0.25) is 5.91 Å². The molecular formula is C18H22N4OS. The van der Waals surface area contributed by atoms with Crippen molar-refractivity contribution in [3.8, 4) is 0 Å². The molecule has 0 atom stereocenters. The van der Waals surface area contributed by atoms with Crippen LogP contribution in [0.1, 0.15) is 10.4 Å². The van der Waals surface area contributed by atoms with Crippen molar-refractivity contribution < 1.29 is 4.79 Å². The van der Waals surface area contributed by atoms with Crippen LogP contribution < -0.4 is 10.2 Å². The zero-order valence-electron chi connectivity index (χ0n) is 14.0. The number of amides is 1. The Balaban J connectivity index is 1.79. The molecule has 0 radical (unpaired) electrons. The predicted octanol–water partition coefficient (Wildman–Crippen LogP) is 2.34. The van der Waals surface area contributed by atoms with E-state index in [4.69, 9.17) is 0 Å². The minimum atomic E-state index is -0.00194. The number of likely N-dealkylation sites (N-methyl/N-ethyl adjacent to an activating group) is 1. The number of carbonyl (C=O) groups excluding carboxylic acids is 1. The molecule has 0 aliphatic carbocycles. The van der Waals surface area contributed by atoms with Gasteiger partial charge in [-0.05, 0) is 29.5 Å². The van der Waals surface area contributed by atoms with Crippen LogP contribution >= 0.6 is 11.3 Å². The van der Waals surface area contributed by atoms with Crippen molar-refractivity contribution in [3.63, 3.8) is 0 Å². The quantitative estimate of drug-likeness (QED) is 0.685. The number of nitrogens with zero attached hydrogens (tertiary/aromatic N) is 3. The third kappa shape index (κ3) is 3.76. The lowest BCUT2D eigenvalue weighted by Gasteiger charge is -2.23. The molecule has 2 heterocycles. The molecule has 0 spiro atoms. The van der Waals surface area contributed by atoms with E-state index >= 15 is 0 Å². The van der Waals surface area contributed by atoms with Gasteiger partial charge in [0.25, 0.3) is 0 Å². The lowest BCUT2D eigenvalue weighted by Crippen LogP contribution is -2.41. The zero-order valence-corrected chi connectivity index (χ0v) is 14.8. The van der Waals surface area contributed by atoms with Gasteiger partial charge in [-0.25, -0.2) is 4.99 Å². The summed E-state index contributed by atoms with van der Waals surface area (Å²) in [7, 11) is 3.50. The molecule has 0 saturated carbocycles. The molecule has 6 heteroatoms. The van der Waals surface area contributed by atoms with Gasteiger partial charge in [-0.1, -0.05) is 24.3 Å². The number of nitrogens with one attached hydrogen (secondary N) is 1. The number of rotatable bonds is 4. The Morgan fingerprint density at radius 3 is 2.88 bits per heavy atom. The van der Waals surface area contributed by atoms with Crippen LogP contribution in [0.3, 0.4) is 0 Å². The summed E-state index contributed by atoms with van der Waals surface area (Å²) in [6, 6.07) is 12.5. The van der Waals surface area contributed by atoms with Gasteiger partial charge in [0.15, 0.2) is 5.96 Å². The van der Waals surface area contributed by atoms with Crippen LogP contribution in [-0.4, -0.2) is 44.0 Å². The molecule has 5 nitrogen and oxygen atoms in total. The Hall–Kier alpha value is -2.34. The number of anilines is 1. The smallest absolute Gasteiger partial charge is 0.243 e. The Morgan fingerprint density at radius 1 is 1.29 bits per heavy atom. The van der Waals surface area contributed by atoms with Gasteiger partial charge in [0.05, 0.1) is 6.54 Å². The zero-order chi connectivity index (χ0) is 16.9. The third-order valence-corrected chi connectivity index (χ3v) is 4.88. The van der Waals surface area contributed by atoms with E-state index in [1.165, 1.54) is 16.1 Å². The number of carbonyl (C=O) groups is 1. The van der Waals surface area contributed by atoms with Crippen LogP contribution in [0.5, 0.6) is 0 Å². The maximum atomic E-state index is 11.9. The summed E-state index contributed by atoms with van der Waals surface area (Å²) in [5, 5.41) is 5.48. The number of fused-ring (bicyclic) bond motifs is 1. The topological polar surface area (TPSA) is 47.9 Å². The van der Waals surface area contributed by atoms with E-state index in [1.54, 1.807) is 30.3 Å². The van der Waals surface area contributed by atoms with Gasteiger partial charge >= 0.3 is 0 Å². The van der Waals surface area contributed by atoms with Crippen molar-refractivity contribution in [2.75, 3.05) is 32.1 Å². The highest BCUT2D eigenvalue weighted by molar-refractivity contribution is 7.09. The molecule has 1 aromatic carbocycles. The van der Waals surface area contributed by atoms with Crippen molar-refractivity contribution in [2.24, 2.45) is 4.99 Å². The Morgan fingerprint density at radius 2 is 2.12 bits per heavy atom. The minimum Gasteiger partial charge on any atom is -0.351 e. The highest BCUT2D eigenvalue weighted by Gasteiger charge is 2.23. The molecule has 0 bridgehead atoms. The maximum Gasteiger partial charge on any atom is 0.243 e. The van der Waals surface area contributed by atoms with E-state index in [9.17, 15) is 4.79 Å². The molecule has 1 amide bonds. The minimum absolute atomic E-state index is 0.00194. The normalized spacial score (nSPS) is 13.8. The third-order valence-electron chi connectivity index (χ3n) is 4.01. The van der Waals surface area contributed by atoms with E-state index < -0.39 is 0 Å². The standard InChI is InChI=1S/C18H22N4OS/c1-21(2)17(23)13-20-18(19-12-15-7-5-11-24-15)22-10-9-14-6-3-4-8-16(14)22/h3-8,11H,9-10,12-13H2,1-2H3,(H,19,20). The monoisotopic (exact) mass is 342 g/mol. The van der Waals surface area contributed by atoms with Crippen molar-refractivity contribution >= 4 is 28.9 Å². The van der Waals surface area contributed by atoms with Crippen LogP contribution in [0, 0.1) is 0 Å². The first-order valence-electron chi connectivity index (χ1n) is 8.01. The number of hydrogen-bond donors (Lipinski definition) is 1. The van der Waals surface area contributed by atoms with Crippen molar-refractivity contribution in [3.05, 3.63) is 52.2 Å². The molecule has 1 N–H and O–H groups in total. The summed E-state index contributed by atoms with van der Waals surface area (Å²) >= 11 is 1.71. The van der Waals surface area contributed by atoms with Gasteiger partial charge < -0.3 is 15.1 Å². The molecule has 24 heavy (non-hydrogen) atoms. The van der Waals surface area contributed by atoms with Crippen LogP contribution in [0.15, 0.2) is 46.8 Å². The van der Waals surface area contributed by atoms with Crippen LogP contribution in [0.25, 0.3) is 0 Å². The fourth-order valence-corrected chi connectivity index (χ4v) is 3.30. The number of para-hydroxylation sites is 1. The summed E-state index contributed by atoms with van der Waals surface area (Å²) in [5.41, 5.74) is 2.49. The molecule has 126 valence electrons. The van der Waals surface area contributed by atoms with Gasteiger partial charge in [0, 0.05) is 31.2 Å². The molecule has 0 saturated heterocycles.